The van der Waals surface area contributed by atoms with E-state index in [0.29, 0.717) is 6.54 Å². The van der Waals surface area contributed by atoms with Crippen LogP contribution < -0.4 is 11.1 Å². The first kappa shape index (κ1) is 15.4. The summed E-state index contributed by atoms with van der Waals surface area (Å²) in [7, 11) is 2.16. The van der Waals surface area contributed by atoms with E-state index in [2.05, 4.69) is 31.1 Å². The molecule has 0 aliphatic carbocycles. The van der Waals surface area contributed by atoms with Gasteiger partial charge in [0.1, 0.15) is 0 Å². The van der Waals surface area contributed by atoms with E-state index >= 15 is 0 Å². The van der Waals surface area contributed by atoms with E-state index < -0.39 is 0 Å². The van der Waals surface area contributed by atoms with Crippen LogP contribution in [-0.4, -0.2) is 44.0 Å². The third kappa shape index (κ3) is 4.58. The number of carbonyl (C=O) groups is 1. The van der Waals surface area contributed by atoms with Gasteiger partial charge in [0.05, 0.1) is 5.92 Å². The number of nitrogens with zero attached hydrogens (tertiary/aromatic N) is 1. The lowest BCUT2D eigenvalue weighted by atomic mass is 9.80. The van der Waals surface area contributed by atoms with Crippen molar-refractivity contribution in [2.24, 2.45) is 17.1 Å². The van der Waals surface area contributed by atoms with E-state index in [4.69, 9.17) is 5.73 Å². The van der Waals surface area contributed by atoms with Crippen LogP contribution in [0.15, 0.2) is 0 Å². The van der Waals surface area contributed by atoms with E-state index in [1.807, 2.05) is 0 Å². The largest absolute Gasteiger partial charge is 0.355 e. The maximum Gasteiger partial charge on any atom is 0.224 e. The van der Waals surface area contributed by atoms with Crippen molar-refractivity contribution in [2.75, 3.05) is 33.2 Å². The number of hydrogen-bond donors (Lipinski definition) is 2. The molecule has 1 unspecified atom stereocenters. The zero-order valence-electron chi connectivity index (χ0n) is 12.2. The van der Waals surface area contributed by atoms with Crippen LogP contribution in [0.25, 0.3) is 0 Å². The highest BCUT2D eigenvalue weighted by Gasteiger charge is 2.29. The molecule has 1 saturated heterocycles. The fourth-order valence-corrected chi connectivity index (χ4v) is 2.48. The Hall–Kier alpha value is -0.610. The van der Waals surface area contributed by atoms with Gasteiger partial charge in [-0.1, -0.05) is 20.3 Å². The maximum atomic E-state index is 12.0. The fraction of sp³-hybridized carbons (Fsp3) is 0.929. The quantitative estimate of drug-likeness (QED) is 0.750. The van der Waals surface area contributed by atoms with Crippen LogP contribution in [0.4, 0.5) is 0 Å². The molecule has 1 rings (SSSR count). The van der Waals surface area contributed by atoms with Gasteiger partial charge in [-0.3, -0.25) is 4.79 Å². The molecule has 0 bridgehead atoms. The lowest BCUT2D eigenvalue weighted by molar-refractivity contribution is -0.125. The molecular formula is C14H29N3O. The molecule has 4 nitrogen and oxygen atoms in total. The average molecular weight is 255 g/mol. The van der Waals surface area contributed by atoms with Gasteiger partial charge < -0.3 is 16.0 Å². The Morgan fingerprint density at radius 2 is 2.06 bits per heavy atom. The molecule has 106 valence electrons. The number of nitrogens with two attached hydrogens (primary N) is 1. The predicted octanol–water partition coefficient (Wildman–Crippen LogP) is 1.21. The molecule has 1 fully saturated rings. The number of hydrogen-bond acceptors (Lipinski definition) is 3. The summed E-state index contributed by atoms with van der Waals surface area (Å²) in [6.45, 7) is 7.87. The first-order valence-electron chi connectivity index (χ1n) is 7.17. The van der Waals surface area contributed by atoms with Gasteiger partial charge in [-0.25, -0.2) is 0 Å². The molecular weight excluding hydrogens is 226 g/mol. The first-order valence-corrected chi connectivity index (χ1v) is 7.17. The Bertz CT molecular complexity index is 260. The first-order chi connectivity index (χ1) is 8.50. The van der Waals surface area contributed by atoms with E-state index in [1.54, 1.807) is 0 Å². The smallest absolute Gasteiger partial charge is 0.224 e. The second-order valence-corrected chi connectivity index (χ2v) is 6.05. The number of piperidine rings is 1. The van der Waals surface area contributed by atoms with Crippen LogP contribution in [0.1, 0.15) is 39.5 Å². The minimum atomic E-state index is -0.00939. The van der Waals surface area contributed by atoms with Gasteiger partial charge in [0, 0.05) is 13.1 Å². The molecule has 1 atom stereocenters. The van der Waals surface area contributed by atoms with Gasteiger partial charge in [0.15, 0.2) is 0 Å². The molecule has 4 heteroatoms. The van der Waals surface area contributed by atoms with E-state index in [1.165, 1.54) is 0 Å². The highest BCUT2D eigenvalue weighted by Crippen LogP contribution is 2.29. The summed E-state index contributed by atoms with van der Waals surface area (Å²) in [4.78, 5) is 14.4. The molecule has 0 aromatic rings. The predicted molar refractivity (Wildman–Crippen MR) is 75.3 cm³/mol. The van der Waals surface area contributed by atoms with Crippen molar-refractivity contribution < 1.29 is 4.79 Å². The highest BCUT2D eigenvalue weighted by atomic mass is 16.1. The zero-order valence-corrected chi connectivity index (χ0v) is 12.2. The van der Waals surface area contributed by atoms with Crippen molar-refractivity contribution in [3.8, 4) is 0 Å². The summed E-state index contributed by atoms with van der Waals surface area (Å²) in [5, 5.41) is 3.11. The number of carbonyl (C=O) groups excluding carboxylic acids is 1. The van der Waals surface area contributed by atoms with E-state index in [9.17, 15) is 4.79 Å². The summed E-state index contributed by atoms with van der Waals surface area (Å²) in [6, 6.07) is 0. The highest BCUT2D eigenvalue weighted by molar-refractivity contribution is 5.78. The van der Waals surface area contributed by atoms with Crippen LogP contribution in [0, 0.1) is 11.3 Å². The van der Waals surface area contributed by atoms with Crippen LogP contribution >= 0.6 is 0 Å². The Morgan fingerprint density at radius 1 is 1.44 bits per heavy atom. The van der Waals surface area contributed by atoms with Crippen LogP contribution in [0.3, 0.4) is 0 Å². The fourth-order valence-electron chi connectivity index (χ4n) is 2.48. The van der Waals surface area contributed by atoms with Gasteiger partial charge in [0.2, 0.25) is 5.91 Å². The Labute approximate surface area is 111 Å². The van der Waals surface area contributed by atoms with Crippen LogP contribution in [0.2, 0.25) is 0 Å². The van der Waals surface area contributed by atoms with Crippen molar-refractivity contribution in [1.82, 2.24) is 10.2 Å². The summed E-state index contributed by atoms with van der Waals surface area (Å²) >= 11 is 0. The van der Waals surface area contributed by atoms with Crippen molar-refractivity contribution in [2.45, 2.75) is 39.5 Å². The third-order valence-electron chi connectivity index (χ3n) is 4.18. The molecule has 18 heavy (non-hydrogen) atoms. The van der Waals surface area contributed by atoms with Gasteiger partial charge in [-0.15, -0.1) is 0 Å². The molecule has 1 amide bonds. The summed E-state index contributed by atoms with van der Waals surface area (Å²) in [5.74, 6) is 0.129. The molecule has 0 aromatic carbocycles. The lowest BCUT2D eigenvalue weighted by Gasteiger charge is -2.38. The third-order valence-corrected chi connectivity index (χ3v) is 4.18. The van der Waals surface area contributed by atoms with Crippen molar-refractivity contribution in [3.05, 3.63) is 0 Å². The summed E-state index contributed by atoms with van der Waals surface area (Å²) < 4.78 is 0. The normalized spacial score (nSPS) is 21.6. The topological polar surface area (TPSA) is 58.4 Å². The Morgan fingerprint density at radius 3 is 2.56 bits per heavy atom. The Balaban J connectivity index is 2.37. The monoisotopic (exact) mass is 255 g/mol. The summed E-state index contributed by atoms with van der Waals surface area (Å²) in [6.07, 6.45) is 4.22. The van der Waals surface area contributed by atoms with Crippen LogP contribution in [0.5, 0.6) is 0 Å². The molecule has 1 aliphatic heterocycles. The number of nitrogens with one attached hydrogen (secondary N) is 1. The molecule has 3 N–H and O–H groups in total. The second-order valence-electron chi connectivity index (χ2n) is 6.05. The van der Waals surface area contributed by atoms with Crippen molar-refractivity contribution >= 4 is 5.91 Å². The standard InChI is InChI=1S/C14H29N3O/c1-4-5-12(10-15)13(18)16-11-14(2)6-8-17(3)9-7-14/h12H,4-11,15H2,1-3H3,(H,16,18). The number of rotatable bonds is 6. The maximum absolute atomic E-state index is 12.0. The van der Waals surface area contributed by atoms with Crippen molar-refractivity contribution in [3.63, 3.8) is 0 Å². The minimum Gasteiger partial charge on any atom is -0.355 e. The van der Waals surface area contributed by atoms with Gasteiger partial charge in [0.25, 0.3) is 0 Å². The Kier molecular flexibility index (Phi) is 6.09. The second kappa shape index (κ2) is 7.10. The van der Waals surface area contributed by atoms with E-state index in [-0.39, 0.29) is 17.2 Å². The lowest BCUT2D eigenvalue weighted by Crippen LogP contribution is -2.45. The van der Waals surface area contributed by atoms with E-state index in [0.717, 1.165) is 45.3 Å². The molecule has 0 spiro atoms. The van der Waals surface area contributed by atoms with Crippen LogP contribution in [-0.2, 0) is 4.79 Å². The molecule has 0 radical (unpaired) electrons. The van der Waals surface area contributed by atoms with Gasteiger partial charge in [-0.2, -0.15) is 0 Å². The SMILES string of the molecule is CCCC(CN)C(=O)NCC1(C)CCN(C)CC1. The summed E-state index contributed by atoms with van der Waals surface area (Å²) in [5.41, 5.74) is 5.91. The molecule has 0 aromatic heterocycles. The van der Waals surface area contributed by atoms with Gasteiger partial charge in [-0.05, 0) is 44.8 Å². The average Bonchev–Trinajstić information content (AvgIpc) is 2.37. The number of amides is 1. The van der Waals surface area contributed by atoms with Crippen molar-refractivity contribution in [1.29, 1.82) is 0 Å². The van der Waals surface area contributed by atoms with Gasteiger partial charge >= 0.3 is 0 Å². The minimum absolute atomic E-state index is 0.00939. The molecule has 1 aliphatic rings. The number of likely N-dealkylation sites (tertiary alicyclic amines) is 1. The molecule has 1 heterocycles. The molecule has 0 saturated carbocycles. The zero-order chi connectivity index (χ0) is 13.6.